The summed E-state index contributed by atoms with van der Waals surface area (Å²) >= 11 is 0. The van der Waals surface area contributed by atoms with Gasteiger partial charge in [0.05, 0.1) is 0 Å². The Morgan fingerprint density at radius 3 is 2.50 bits per heavy atom. The quantitative estimate of drug-likeness (QED) is 0.557. The van der Waals surface area contributed by atoms with Crippen LogP contribution in [0.25, 0.3) is 0 Å². The molecule has 3 heteroatoms. The highest BCUT2D eigenvalue weighted by Gasteiger charge is 2.14. The van der Waals surface area contributed by atoms with E-state index in [1.807, 2.05) is 6.07 Å². The van der Waals surface area contributed by atoms with Crippen molar-refractivity contribution in [2.45, 2.75) is 0 Å². The molecule has 0 fully saturated rings. The number of rotatable bonds is 4. The largest absolute Gasteiger partial charge is 0.278 e. The highest BCUT2D eigenvalue weighted by molar-refractivity contribution is 5.93. The molecule has 0 aliphatic rings. The molecule has 0 saturated heterocycles. The first-order valence-corrected chi connectivity index (χ1v) is 4.66. The van der Waals surface area contributed by atoms with Crippen molar-refractivity contribution in [3.63, 3.8) is 0 Å². The zero-order chi connectivity index (χ0) is 11.8. The zero-order valence-corrected chi connectivity index (χ0v) is 8.72. The van der Waals surface area contributed by atoms with Crippen LogP contribution in [-0.2, 0) is 4.84 Å². The molecule has 1 amide bonds. The molecule has 0 unspecified atom stereocenters. The van der Waals surface area contributed by atoms with Crippen LogP contribution >= 0.6 is 0 Å². The van der Waals surface area contributed by atoms with Gasteiger partial charge in [0, 0.05) is 5.56 Å². The highest BCUT2D eigenvalue weighted by atomic mass is 16.7. The fourth-order valence-electron chi connectivity index (χ4n) is 1.10. The summed E-state index contributed by atoms with van der Waals surface area (Å²) in [5.74, 6) is 4.32. The molecule has 3 nitrogen and oxygen atoms in total. The summed E-state index contributed by atoms with van der Waals surface area (Å²) in [6.45, 7) is 0.0790. The Hall–Kier alpha value is -2.23. The maximum Gasteiger partial charge on any atom is 0.278 e. The van der Waals surface area contributed by atoms with Crippen LogP contribution in [0.2, 0.25) is 0 Å². The van der Waals surface area contributed by atoms with Crippen LogP contribution in [0.1, 0.15) is 10.4 Å². The lowest BCUT2D eigenvalue weighted by molar-refractivity contribution is -0.101. The molecule has 0 radical (unpaired) electrons. The molecule has 0 heterocycles. The lowest BCUT2D eigenvalue weighted by Gasteiger charge is -2.17. The van der Waals surface area contributed by atoms with E-state index in [1.165, 1.54) is 0 Å². The van der Waals surface area contributed by atoms with Crippen molar-refractivity contribution < 1.29 is 9.63 Å². The van der Waals surface area contributed by atoms with E-state index in [0.29, 0.717) is 5.56 Å². The van der Waals surface area contributed by atoms with Gasteiger partial charge in [0.2, 0.25) is 0 Å². The van der Waals surface area contributed by atoms with Gasteiger partial charge in [0.15, 0.2) is 0 Å². The first-order valence-electron chi connectivity index (χ1n) is 4.66. The topological polar surface area (TPSA) is 29.5 Å². The lowest BCUT2D eigenvalue weighted by atomic mass is 10.2. The summed E-state index contributed by atoms with van der Waals surface area (Å²) < 4.78 is 0. The molecule has 1 aromatic rings. The Morgan fingerprint density at radius 1 is 1.25 bits per heavy atom. The Balaban J connectivity index is 2.76. The normalized spacial score (nSPS) is 8.88. The molecule has 0 aliphatic carbocycles. The van der Waals surface area contributed by atoms with Gasteiger partial charge in [-0.15, -0.1) is 12.8 Å². The third kappa shape index (κ3) is 3.16. The predicted octanol–water partition coefficient (Wildman–Crippen LogP) is 1.33. The molecule has 80 valence electrons. The summed E-state index contributed by atoms with van der Waals surface area (Å²) in [6.07, 6.45) is 10.2. The van der Waals surface area contributed by atoms with E-state index < -0.39 is 0 Å². The van der Waals surface area contributed by atoms with Crippen LogP contribution in [0.4, 0.5) is 0 Å². The van der Waals surface area contributed by atoms with Gasteiger partial charge in [-0.05, 0) is 12.1 Å². The highest BCUT2D eigenvalue weighted by Crippen LogP contribution is 2.04. The third-order valence-electron chi connectivity index (χ3n) is 1.79. The van der Waals surface area contributed by atoms with Gasteiger partial charge < -0.3 is 0 Å². The number of carbonyl (C=O) groups excluding carboxylic acids is 1. The molecule has 0 saturated carbocycles. The minimum Gasteiger partial charge on any atom is -0.267 e. The summed E-state index contributed by atoms with van der Waals surface area (Å²) in [4.78, 5) is 16.9. The summed E-state index contributed by atoms with van der Waals surface area (Å²) in [6, 6.07) is 8.73. The lowest BCUT2D eigenvalue weighted by Crippen LogP contribution is -2.31. The Kier molecular flexibility index (Phi) is 4.66. The maximum atomic E-state index is 11.9. The molecule has 0 bridgehead atoms. The van der Waals surface area contributed by atoms with Crippen LogP contribution in [0.15, 0.2) is 30.3 Å². The molecular formula is C13H11NO2. The van der Waals surface area contributed by atoms with E-state index in [1.54, 1.807) is 24.3 Å². The second-order valence-corrected chi connectivity index (χ2v) is 2.89. The smallest absolute Gasteiger partial charge is 0.267 e. The summed E-state index contributed by atoms with van der Waals surface area (Å²) in [7, 11) is 0. The van der Waals surface area contributed by atoms with Gasteiger partial charge in [0.1, 0.15) is 13.2 Å². The molecule has 0 N–H and O–H groups in total. The number of terminal acetylenes is 2. The van der Waals surface area contributed by atoms with E-state index in [4.69, 9.17) is 17.7 Å². The summed E-state index contributed by atoms with van der Waals surface area (Å²) in [5.41, 5.74) is 0.509. The SMILES string of the molecule is C#CCON(CC#C)C(=O)c1ccccc1. The minimum atomic E-state index is -0.297. The molecule has 1 aromatic carbocycles. The van der Waals surface area contributed by atoms with Crippen molar-refractivity contribution >= 4 is 5.91 Å². The van der Waals surface area contributed by atoms with Crippen LogP contribution < -0.4 is 0 Å². The average molecular weight is 213 g/mol. The van der Waals surface area contributed by atoms with Crippen LogP contribution in [0.3, 0.4) is 0 Å². The molecule has 0 spiro atoms. The van der Waals surface area contributed by atoms with Gasteiger partial charge >= 0.3 is 0 Å². The number of hydrogen-bond donors (Lipinski definition) is 0. The van der Waals surface area contributed by atoms with Crippen molar-refractivity contribution in [2.24, 2.45) is 0 Å². The maximum absolute atomic E-state index is 11.9. The van der Waals surface area contributed by atoms with Crippen molar-refractivity contribution in [2.75, 3.05) is 13.2 Å². The second kappa shape index (κ2) is 6.29. The molecule has 0 aromatic heterocycles. The average Bonchev–Trinajstić information content (AvgIpc) is 2.35. The Labute approximate surface area is 95.0 Å². The number of benzene rings is 1. The van der Waals surface area contributed by atoms with Crippen LogP contribution in [0.5, 0.6) is 0 Å². The zero-order valence-electron chi connectivity index (χ0n) is 8.72. The van der Waals surface area contributed by atoms with Crippen molar-refractivity contribution in [3.8, 4) is 24.7 Å². The number of hydroxylamine groups is 2. The van der Waals surface area contributed by atoms with Gasteiger partial charge in [-0.2, -0.15) is 0 Å². The fourth-order valence-corrected chi connectivity index (χ4v) is 1.10. The third-order valence-corrected chi connectivity index (χ3v) is 1.79. The Bertz CT molecular complexity index is 425. The van der Waals surface area contributed by atoms with Crippen molar-refractivity contribution in [1.29, 1.82) is 0 Å². The molecule has 0 aliphatic heterocycles. The molecule has 16 heavy (non-hydrogen) atoms. The number of nitrogens with zero attached hydrogens (tertiary/aromatic N) is 1. The molecular weight excluding hydrogens is 202 g/mol. The standard InChI is InChI=1S/C13H11NO2/c1-3-10-14(16-11-4-2)13(15)12-8-6-5-7-9-12/h1-2,5-9H,10-11H2. The monoisotopic (exact) mass is 213 g/mol. The summed E-state index contributed by atoms with van der Waals surface area (Å²) in [5, 5.41) is 1.08. The van der Waals surface area contributed by atoms with E-state index in [0.717, 1.165) is 5.06 Å². The molecule has 1 rings (SSSR count). The van der Waals surface area contributed by atoms with Gasteiger partial charge in [0.25, 0.3) is 5.91 Å². The van der Waals surface area contributed by atoms with Crippen molar-refractivity contribution in [1.82, 2.24) is 5.06 Å². The molecule has 0 atom stereocenters. The minimum absolute atomic E-state index is 0.0141. The number of carbonyl (C=O) groups is 1. The van der Waals surface area contributed by atoms with Crippen molar-refractivity contribution in [3.05, 3.63) is 35.9 Å². The van der Waals surface area contributed by atoms with Gasteiger partial charge in [-0.3, -0.25) is 9.63 Å². The van der Waals surface area contributed by atoms with Crippen LogP contribution in [0, 0.1) is 24.7 Å². The second-order valence-electron chi connectivity index (χ2n) is 2.89. The van der Waals surface area contributed by atoms with E-state index in [-0.39, 0.29) is 19.1 Å². The first kappa shape index (κ1) is 11.8. The van der Waals surface area contributed by atoms with E-state index in [2.05, 4.69) is 11.8 Å². The number of hydrogen-bond acceptors (Lipinski definition) is 2. The Morgan fingerprint density at radius 2 is 1.94 bits per heavy atom. The van der Waals surface area contributed by atoms with Gasteiger partial charge in [-0.25, -0.2) is 5.06 Å². The fraction of sp³-hybridized carbons (Fsp3) is 0.154. The van der Waals surface area contributed by atoms with Crippen LogP contribution in [-0.4, -0.2) is 24.1 Å². The first-order chi connectivity index (χ1) is 7.79. The van der Waals surface area contributed by atoms with E-state index >= 15 is 0 Å². The van der Waals surface area contributed by atoms with E-state index in [9.17, 15) is 4.79 Å². The van der Waals surface area contributed by atoms with Gasteiger partial charge in [-0.1, -0.05) is 30.0 Å². The number of amides is 1. The predicted molar refractivity (Wildman–Crippen MR) is 61.1 cm³/mol.